The van der Waals surface area contributed by atoms with Crippen LogP contribution in [0.1, 0.15) is 245 Å². The van der Waals surface area contributed by atoms with Gasteiger partial charge in [0.25, 0.3) is 0 Å². The standard InChI is InChI=1S/C49H90O5/c1-3-5-7-9-11-13-15-17-19-21-22-23-24-25-26-28-30-32-34-36-38-40-42-44-49(52)54-47(45-50)46-53-48(51)43-41-39-37-35-33-31-29-27-20-18-16-14-12-10-8-6-4-2/h15,17,21-22,24-25,47,50H,3-14,16,18-20,23,26-46H2,1-2H3/b17-15-,22-21-,25-24-. The molecule has 5 heteroatoms. The third-order valence-corrected chi connectivity index (χ3v) is 10.4. The number of ether oxygens (including phenoxy) is 2. The maximum absolute atomic E-state index is 12.2. The molecular formula is C49H90O5. The first-order valence-corrected chi connectivity index (χ1v) is 23.5. The number of carbonyl (C=O) groups is 2. The lowest BCUT2D eigenvalue weighted by atomic mass is 10.0. The molecule has 0 aromatic carbocycles. The van der Waals surface area contributed by atoms with Crippen LogP contribution in [0.4, 0.5) is 0 Å². The summed E-state index contributed by atoms with van der Waals surface area (Å²) in [5, 5.41) is 9.60. The summed E-state index contributed by atoms with van der Waals surface area (Å²) in [4.78, 5) is 24.4. The molecule has 0 saturated carbocycles. The van der Waals surface area contributed by atoms with Crippen molar-refractivity contribution >= 4 is 11.9 Å². The monoisotopic (exact) mass is 759 g/mol. The van der Waals surface area contributed by atoms with Gasteiger partial charge in [0.05, 0.1) is 6.61 Å². The van der Waals surface area contributed by atoms with E-state index >= 15 is 0 Å². The zero-order valence-electron chi connectivity index (χ0n) is 36.0. The van der Waals surface area contributed by atoms with Crippen LogP contribution in [0.3, 0.4) is 0 Å². The van der Waals surface area contributed by atoms with E-state index in [1.54, 1.807) is 0 Å². The summed E-state index contributed by atoms with van der Waals surface area (Å²) in [7, 11) is 0. The van der Waals surface area contributed by atoms with E-state index in [2.05, 4.69) is 50.3 Å². The van der Waals surface area contributed by atoms with E-state index in [1.165, 1.54) is 167 Å². The second-order valence-corrected chi connectivity index (χ2v) is 15.8. The third kappa shape index (κ3) is 42.9. The lowest BCUT2D eigenvalue weighted by Crippen LogP contribution is -2.28. The number of aliphatic hydroxyl groups is 1. The summed E-state index contributed by atoms with van der Waals surface area (Å²) >= 11 is 0. The van der Waals surface area contributed by atoms with Gasteiger partial charge in [-0.2, -0.15) is 0 Å². The van der Waals surface area contributed by atoms with E-state index in [9.17, 15) is 14.7 Å². The average molecular weight is 759 g/mol. The van der Waals surface area contributed by atoms with E-state index in [1.807, 2.05) is 0 Å². The number of esters is 2. The number of rotatable bonds is 43. The highest BCUT2D eigenvalue weighted by Crippen LogP contribution is 2.15. The van der Waals surface area contributed by atoms with Crippen LogP contribution in [0.2, 0.25) is 0 Å². The van der Waals surface area contributed by atoms with Crippen LogP contribution in [0.25, 0.3) is 0 Å². The largest absolute Gasteiger partial charge is 0.462 e. The summed E-state index contributed by atoms with van der Waals surface area (Å²) < 4.78 is 10.7. The van der Waals surface area contributed by atoms with Crippen molar-refractivity contribution in [3.63, 3.8) is 0 Å². The third-order valence-electron chi connectivity index (χ3n) is 10.4. The minimum Gasteiger partial charge on any atom is -0.462 e. The minimum atomic E-state index is -0.773. The van der Waals surface area contributed by atoms with Gasteiger partial charge in [0.2, 0.25) is 0 Å². The fourth-order valence-corrected chi connectivity index (χ4v) is 6.86. The Morgan fingerprint density at radius 3 is 1.11 bits per heavy atom. The zero-order valence-corrected chi connectivity index (χ0v) is 36.0. The normalized spacial score (nSPS) is 12.4. The van der Waals surface area contributed by atoms with Gasteiger partial charge in [0, 0.05) is 12.8 Å². The molecule has 0 radical (unpaired) electrons. The lowest BCUT2D eigenvalue weighted by Gasteiger charge is -2.15. The van der Waals surface area contributed by atoms with Crippen molar-refractivity contribution in [2.24, 2.45) is 0 Å². The maximum Gasteiger partial charge on any atom is 0.306 e. The van der Waals surface area contributed by atoms with Crippen LogP contribution >= 0.6 is 0 Å². The highest BCUT2D eigenvalue weighted by Gasteiger charge is 2.16. The molecule has 0 heterocycles. The van der Waals surface area contributed by atoms with E-state index in [4.69, 9.17) is 9.47 Å². The Bertz CT molecular complexity index is 862. The predicted molar refractivity (Wildman–Crippen MR) is 233 cm³/mol. The Labute approximate surface area is 336 Å². The predicted octanol–water partition coefficient (Wildman–Crippen LogP) is 15.2. The summed E-state index contributed by atoms with van der Waals surface area (Å²) in [6.07, 6.45) is 56.5. The van der Waals surface area contributed by atoms with Gasteiger partial charge in [-0.05, 0) is 51.4 Å². The number of aliphatic hydroxyl groups excluding tert-OH is 1. The first kappa shape index (κ1) is 52.1. The van der Waals surface area contributed by atoms with Crippen LogP contribution in [0, 0.1) is 0 Å². The van der Waals surface area contributed by atoms with Gasteiger partial charge >= 0.3 is 11.9 Å². The molecule has 54 heavy (non-hydrogen) atoms. The fourth-order valence-electron chi connectivity index (χ4n) is 6.86. The highest BCUT2D eigenvalue weighted by molar-refractivity contribution is 5.70. The van der Waals surface area contributed by atoms with Crippen LogP contribution in [-0.2, 0) is 19.1 Å². The van der Waals surface area contributed by atoms with Gasteiger partial charge in [-0.3, -0.25) is 9.59 Å². The first-order chi connectivity index (χ1) is 26.6. The fraction of sp³-hybridized carbons (Fsp3) is 0.837. The van der Waals surface area contributed by atoms with Gasteiger partial charge in [0.1, 0.15) is 6.61 Å². The summed E-state index contributed by atoms with van der Waals surface area (Å²) in [5.41, 5.74) is 0. The quantitative estimate of drug-likeness (QED) is 0.0381. The Kier molecular flexibility index (Phi) is 43.9. The molecule has 0 amide bonds. The Hall–Kier alpha value is -1.88. The molecule has 0 aromatic heterocycles. The van der Waals surface area contributed by atoms with Crippen LogP contribution in [0.15, 0.2) is 36.5 Å². The molecule has 1 atom stereocenters. The molecule has 0 bridgehead atoms. The highest BCUT2D eigenvalue weighted by atomic mass is 16.6. The summed E-state index contributed by atoms with van der Waals surface area (Å²) in [6.45, 7) is 4.15. The van der Waals surface area contributed by atoms with Crippen LogP contribution < -0.4 is 0 Å². The maximum atomic E-state index is 12.2. The lowest BCUT2D eigenvalue weighted by molar-refractivity contribution is -0.161. The van der Waals surface area contributed by atoms with E-state index < -0.39 is 6.10 Å². The van der Waals surface area contributed by atoms with Crippen molar-refractivity contribution in [1.82, 2.24) is 0 Å². The summed E-state index contributed by atoms with van der Waals surface area (Å²) in [5.74, 6) is -0.589. The molecule has 316 valence electrons. The molecule has 0 rings (SSSR count). The molecule has 0 aliphatic carbocycles. The summed E-state index contributed by atoms with van der Waals surface area (Å²) in [6, 6.07) is 0. The molecule has 5 nitrogen and oxygen atoms in total. The molecule has 0 aliphatic heterocycles. The molecular weight excluding hydrogens is 669 g/mol. The van der Waals surface area contributed by atoms with E-state index in [0.29, 0.717) is 12.8 Å². The SMILES string of the molecule is CCCCCCC/C=C\C/C=C\C/C=C\CCCCCCCCCCC(=O)OC(CO)COC(=O)CCCCCCCCCCCCCCCCCCC. The van der Waals surface area contributed by atoms with Crippen molar-refractivity contribution in [2.45, 2.75) is 251 Å². The molecule has 1 unspecified atom stereocenters. The van der Waals surface area contributed by atoms with Crippen molar-refractivity contribution in [3.8, 4) is 0 Å². The zero-order chi connectivity index (χ0) is 39.3. The van der Waals surface area contributed by atoms with Crippen molar-refractivity contribution in [2.75, 3.05) is 13.2 Å². The van der Waals surface area contributed by atoms with Gasteiger partial charge in [0.15, 0.2) is 6.10 Å². The van der Waals surface area contributed by atoms with Crippen molar-refractivity contribution < 1.29 is 24.2 Å². The molecule has 0 aromatic rings. The molecule has 0 saturated heterocycles. The van der Waals surface area contributed by atoms with Crippen molar-refractivity contribution in [3.05, 3.63) is 36.5 Å². The van der Waals surface area contributed by atoms with Gasteiger partial charge < -0.3 is 14.6 Å². The number of carbonyl (C=O) groups excluding carboxylic acids is 2. The number of unbranched alkanes of at least 4 members (excludes halogenated alkanes) is 29. The second-order valence-electron chi connectivity index (χ2n) is 15.8. The molecule has 0 fully saturated rings. The number of hydrogen-bond donors (Lipinski definition) is 1. The van der Waals surface area contributed by atoms with Crippen LogP contribution in [0.5, 0.6) is 0 Å². The van der Waals surface area contributed by atoms with Gasteiger partial charge in [-0.1, -0.05) is 217 Å². The van der Waals surface area contributed by atoms with Gasteiger partial charge in [-0.15, -0.1) is 0 Å². The first-order valence-electron chi connectivity index (χ1n) is 23.5. The number of hydrogen-bond acceptors (Lipinski definition) is 5. The molecule has 0 spiro atoms. The van der Waals surface area contributed by atoms with E-state index in [0.717, 1.165) is 51.4 Å². The Balaban J connectivity index is 3.52. The average Bonchev–Trinajstić information content (AvgIpc) is 3.17. The van der Waals surface area contributed by atoms with Crippen LogP contribution in [-0.4, -0.2) is 36.4 Å². The smallest absolute Gasteiger partial charge is 0.306 e. The van der Waals surface area contributed by atoms with Crippen molar-refractivity contribution in [1.29, 1.82) is 0 Å². The van der Waals surface area contributed by atoms with Gasteiger partial charge in [-0.25, -0.2) is 0 Å². The van der Waals surface area contributed by atoms with E-state index in [-0.39, 0.29) is 25.2 Å². The molecule has 0 aliphatic rings. The Morgan fingerprint density at radius 2 is 0.741 bits per heavy atom. The minimum absolute atomic E-state index is 0.0654. The second kappa shape index (κ2) is 45.5. The number of allylic oxidation sites excluding steroid dienone is 6. The Morgan fingerprint density at radius 1 is 0.426 bits per heavy atom. The topological polar surface area (TPSA) is 72.8 Å². The molecule has 1 N–H and O–H groups in total.